The molecule has 0 saturated heterocycles. The van der Waals surface area contributed by atoms with Crippen molar-refractivity contribution in [2.75, 3.05) is 0 Å². The molecule has 74 valence electrons. The van der Waals surface area contributed by atoms with Gasteiger partial charge in [0.1, 0.15) is 5.15 Å². The van der Waals surface area contributed by atoms with Crippen LogP contribution in [0.2, 0.25) is 5.15 Å². The van der Waals surface area contributed by atoms with Crippen molar-refractivity contribution in [1.29, 1.82) is 0 Å². The number of halogens is 1. The second-order valence-corrected chi connectivity index (χ2v) is 3.84. The maximum atomic E-state index is 6.08. The van der Waals surface area contributed by atoms with E-state index in [4.69, 9.17) is 17.3 Å². The van der Waals surface area contributed by atoms with Crippen molar-refractivity contribution < 1.29 is 0 Å². The van der Waals surface area contributed by atoms with Gasteiger partial charge in [-0.15, -0.1) is 0 Å². The molecule has 2 aromatic rings. The molecule has 0 amide bonds. The Kier molecular flexibility index (Phi) is 2.21. The number of rotatable bonds is 1. The monoisotopic (exact) mass is 209 g/mol. The van der Waals surface area contributed by atoms with Gasteiger partial charge in [0.05, 0.1) is 5.52 Å². The van der Waals surface area contributed by atoms with Gasteiger partial charge in [-0.2, -0.15) is 5.10 Å². The molecule has 0 aliphatic rings. The lowest BCUT2D eigenvalue weighted by Gasteiger charge is -2.04. The molecule has 0 spiro atoms. The molecule has 1 aromatic heterocycles. The number of benzene rings is 1. The molecule has 0 aliphatic carbocycles. The van der Waals surface area contributed by atoms with Gasteiger partial charge in [-0.25, -0.2) is 0 Å². The van der Waals surface area contributed by atoms with Crippen molar-refractivity contribution in [2.45, 2.75) is 13.0 Å². The largest absolute Gasteiger partial charge is 0.324 e. The summed E-state index contributed by atoms with van der Waals surface area (Å²) in [7, 11) is 1.83. The molecule has 2 N–H and O–H groups in total. The summed E-state index contributed by atoms with van der Waals surface area (Å²) in [6, 6.07) is 5.95. The lowest BCUT2D eigenvalue weighted by atomic mass is 10.1. The summed E-state index contributed by atoms with van der Waals surface area (Å²) in [5, 5.41) is 5.87. The van der Waals surface area contributed by atoms with Crippen LogP contribution in [0.25, 0.3) is 10.9 Å². The van der Waals surface area contributed by atoms with Crippen LogP contribution in [0, 0.1) is 0 Å². The first-order chi connectivity index (χ1) is 6.59. The van der Waals surface area contributed by atoms with Crippen molar-refractivity contribution in [1.82, 2.24) is 9.78 Å². The fraction of sp³-hybridized carbons (Fsp3) is 0.300. The van der Waals surface area contributed by atoms with E-state index in [9.17, 15) is 0 Å². The predicted octanol–water partition coefficient (Wildman–Crippen LogP) is 2.25. The fourth-order valence-corrected chi connectivity index (χ4v) is 1.66. The number of hydrogen-bond acceptors (Lipinski definition) is 2. The van der Waals surface area contributed by atoms with Gasteiger partial charge in [0.25, 0.3) is 0 Å². The Hall–Kier alpha value is -1.06. The second kappa shape index (κ2) is 3.26. The van der Waals surface area contributed by atoms with Gasteiger partial charge in [0.15, 0.2) is 0 Å². The lowest BCUT2D eigenvalue weighted by molar-refractivity contribution is 0.780. The van der Waals surface area contributed by atoms with Gasteiger partial charge in [-0.1, -0.05) is 17.7 Å². The van der Waals surface area contributed by atoms with Gasteiger partial charge in [-0.05, 0) is 24.6 Å². The highest BCUT2D eigenvalue weighted by Gasteiger charge is 2.08. The molecule has 0 bridgehead atoms. The summed E-state index contributed by atoms with van der Waals surface area (Å²) in [4.78, 5) is 0. The van der Waals surface area contributed by atoms with Crippen LogP contribution in [0.1, 0.15) is 18.5 Å². The summed E-state index contributed by atoms with van der Waals surface area (Å²) >= 11 is 6.08. The number of aromatic nitrogens is 2. The smallest absolute Gasteiger partial charge is 0.134 e. The Morgan fingerprint density at radius 1 is 1.50 bits per heavy atom. The summed E-state index contributed by atoms with van der Waals surface area (Å²) < 4.78 is 1.66. The van der Waals surface area contributed by atoms with E-state index in [1.807, 2.05) is 32.2 Å². The van der Waals surface area contributed by atoms with E-state index < -0.39 is 0 Å². The molecule has 0 radical (unpaired) electrons. The Bertz CT molecular complexity index is 473. The average Bonchev–Trinajstić information content (AvgIpc) is 2.43. The molecule has 4 heteroatoms. The van der Waals surface area contributed by atoms with Crippen LogP contribution in [-0.4, -0.2) is 9.78 Å². The number of hydrogen-bond donors (Lipinski definition) is 1. The van der Waals surface area contributed by atoms with Crippen LogP contribution in [-0.2, 0) is 7.05 Å². The lowest BCUT2D eigenvalue weighted by Crippen LogP contribution is -2.04. The van der Waals surface area contributed by atoms with Crippen LogP contribution in [0.3, 0.4) is 0 Å². The van der Waals surface area contributed by atoms with Crippen molar-refractivity contribution in [3.63, 3.8) is 0 Å². The Balaban J connectivity index is 2.69. The Morgan fingerprint density at radius 3 is 2.86 bits per heavy atom. The Morgan fingerprint density at radius 2 is 2.21 bits per heavy atom. The number of fused-ring (bicyclic) bond motifs is 1. The van der Waals surface area contributed by atoms with Crippen molar-refractivity contribution in [2.24, 2.45) is 12.8 Å². The highest BCUT2D eigenvalue weighted by atomic mass is 35.5. The highest BCUT2D eigenvalue weighted by molar-refractivity contribution is 6.34. The molecule has 2 rings (SSSR count). The SMILES string of the molecule is CC(N)c1ccc2nn(C)c(Cl)c2c1. The number of nitrogens with zero attached hydrogens (tertiary/aromatic N) is 2. The van der Waals surface area contributed by atoms with E-state index in [1.54, 1.807) is 4.68 Å². The summed E-state index contributed by atoms with van der Waals surface area (Å²) in [6.07, 6.45) is 0. The maximum Gasteiger partial charge on any atom is 0.134 e. The third-order valence-corrected chi connectivity index (χ3v) is 2.76. The fourth-order valence-electron chi connectivity index (χ4n) is 1.47. The zero-order valence-corrected chi connectivity index (χ0v) is 8.92. The van der Waals surface area contributed by atoms with E-state index in [0.29, 0.717) is 5.15 Å². The zero-order chi connectivity index (χ0) is 10.3. The molecule has 1 atom stereocenters. The molecular weight excluding hydrogens is 198 g/mol. The molecular formula is C10H12ClN3. The minimum atomic E-state index is 0.0238. The van der Waals surface area contributed by atoms with Gasteiger partial charge >= 0.3 is 0 Å². The predicted molar refractivity (Wildman–Crippen MR) is 58.3 cm³/mol. The van der Waals surface area contributed by atoms with Crippen molar-refractivity contribution >= 4 is 22.5 Å². The maximum absolute atomic E-state index is 6.08. The first-order valence-corrected chi connectivity index (χ1v) is 4.85. The molecule has 1 heterocycles. The van der Waals surface area contributed by atoms with E-state index in [1.165, 1.54) is 0 Å². The van der Waals surface area contributed by atoms with Gasteiger partial charge in [0.2, 0.25) is 0 Å². The van der Waals surface area contributed by atoms with Crippen molar-refractivity contribution in [3.05, 3.63) is 28.9 Å². The van der Waals surface area contributed by atoms with Gasteiger partial charge in [0, 0.05) is 18.5 Å². The third kappa shape index (κ3) is 1.38. The van der Waals surface area contributed by atoms with E-state index in [-0.39, 0.29) is 6.04 Å². The normalized spacial score (nSPS) is 13.4. The molecule has 14 heavy (non-hydrogen) atoms. The zero-order valence-electron chi connectivity index (χ0n) is 8.16. The van der Waals surface area contributed by atoms with Gasteiger partial charge < -0.3 is 5.73 Å². The first kappa shape index (κ1) is 9.49. The molecule has 0 fully saturated rings. The van der Waals surface area contributed by atoms with Crippen LogP contribution in [0.15, 0.2) is 18.2 Å². The van der Waals surface area contributed by atoms with Crippen LogP contribution in [0.5, 0.6) is 0 Å². The summed E-state index contributed by atoms with van der Waals surface area (Å²) in [5.74, 6) is 0. The quantitative estimate of drug-likeness (QED) is 0.783. The standard InChI is InChI=1S/C10H12ClN3/c1-6(12)7-3-4-9-8(5-7)10(11)14(2)13-9/h3-6H,12H2,1-2H3. The molecule has 0 aliphatic heterocycles. The van der Waals surface area contributed by atoms with E-state index >= 15 is 0 Å². The minimum Gasteiger partial charge on any atom is -0.324 e. The van der Waals surface area contributed by atoms with E-state index in [2.05, 4.69) is 5.10 Å². The van der Waals surface area contributed by atoms with Gasteiger partial charge in [-0.3, -0.25) is 4.68 Å². The second-order valence-electron chi connectivity index (χ2n) is 3.48. The van der Waals surface area contributed by atoms with Crippen LogP contribution >= 0.6 is 11.6 Å². The van der Waals surface area contributed by atoms with Crippen molar-refractivity contribution in [3.8, 4) is 0 Å². The molecule has 0 saturated carbocycles. The molecule has 3 nitrogen and oxygen atoms in total. The highest BCUT2D eigenvalue weighted by Crippen LogP contribution is 2.25. The summed E-state index contributed by atoms with van der Waals surface area (Å²) in [5.41, 5.74) is 7.77. The van der Waals surface area contributed by atoms with Crippen LogP contribution in [0.4, 0.5) is 0 Å². The van der Waals surface area contributed by atoms with Crippen LogP contribution < -0.4 is 5.73 Å². The Labute approximate surface area is 87.5 Å². The molecule has 1 unspecified atom stereocenters. The summed E-state index contributed by atoms with van der Waals surface area (Å²) in [6.45, 7) is 1.95. The minimum absolute atomic E-state index is 0.0238. The number of nitrogens with two attached hydrogens (primary N) is 1. The topological polar surface area (TPSA) is 43.8 Å². The molecule has 1 aromatic carbocycles. The number of aryl methyl sites for hydroxylation is 1. The third-order valence-electron chi connectivity index (χ3n) is 2.31. The average molecular weight is 210 g/mol. The first-order valence-electron chi connectivity index (χ1n) is 4.47. The van der Waals surface area contributed by atoms with E-state index in [0.717, 1.165) is 16.5 Å².